The normalized spacial score (nSPS) is 15.3. The predicted octanol–water partition coefficient (Wildman–Crippen LogP) is 4.46. The zero-order valence-corrected chi connectivity index (χ0v) is 11.6. The number of rotatable bonds is 10. The summed E-state index contributed by atoms with van der Waals surface area (Å²) in [7, 11) is 0. The predicted molar refractivity (Wildman–Crippen MR) is 62.9 cm³/mol. The molecule has 7 nitrogen and oxygen atoms in total. The molecule has 0 aliphatic heterocycles. The fourth-order valence-corrected chi connectivity index (χ4v) is 1.20. The van der Waals surface area contributed by atoms with Crippen LogP contribution in [0.25, 0.3) is 20.9 Å². The van der Waals surface area contributed by atoms with Crippen molar-refractivity contribution in [2.75, 3.05) is 26.4 Å². The molecule has 0 N–H and O–H groups in total. The molecule has 23 heavy (non-hydrogen) atoms. The molecule has 0 aliphatic carbocycles. The standard InChI is InChI=1S/C9H11F7N6O/c1-6(3-19-21-17,4-20-22-18)5-23-9(15,16)8(13,14)7(11,12)2-10/h2-5H2,1H3. The van der Waals surface area contributed by atoms with E-state index in [2.05, 4.69) is 24.8 Å². The summed E-state index contributed by atoms with van der Waals surface area (Å²) in [4.78, 5) is 4.61. The smallest absolute Gasteiger partial charge is 0.315 e. The molecule has 0 saturated carbocycles. The lowest BCUT2D eigenvalue weighted by molar-refractivity contribution is -0.403. The first-order chi connectivity index (χ1) is 10.4. The molecule has 0 aromatic heterocycles. The van der Waals surface area contributed by atoms with Crippen LogP contribution >= 0.6 is 0 Å². The Morgan fingerprint density at radius 2 is 1.39 bits per heavy atom. The lowest BCUT2D eigenvalue weighted by atomic mass is 9.92. The van der Waals surface area contributed by atoms with E-state index in [4.69, 9.17) is 11.1 Å². The molecule has 0 bridgehead atoms. The van der Waals surface area contributed by atoms with E-state index in [9.17, 15) is 30.7 Å². The summed E-state index contributed by atoms with van der Waals surface area (Å²) >= 11 is 0. The van der Waals surface area contributed by atoms with Crippen LogP contribution in [0.4, 0.5) is 30.7 Å². The third kappa shape index (κ3) is 5.05. The Kier molecular flexibility index (Phi) is 6.95. The maximum Gasteiger partial charge on any atom is 0.425 e. The van der Waals surface area contributed by atoms with Gasteiger partial charge in [-0.1, -0.05) is 17.2 Å². The highest BCUT2D eigenvalue weighted by Crippen LogP contribution is 2.47. The largest absolute Gasteiger partial charge is 0.425 e. The van der Waals surface area contributed by atoms with Crippen LogP contribution in [0.3, 0.4) is 0 Å². The molecule has 0 rings (SSSR count). The van der Waals surface area contributed by atoms with Crippen LogP contribution in [0.1, 0.15) is 6.92 Å². The van der Waals surface area contributed by atoms with Crippen molar-refractivity contribution in [2.45, 2.75) is 24.9 Å². The van der Waals surface area contributed by atoms with E-state index in [1.54, 1.807) is 0 Å². The number of ether oxygens (including phenoxy) is 1. The molecule has 0 atom stereocenters. The van der Waals surface area contributed by atoms with E-state index in [0.717, 1.165) is 6.92 Å². The van der Waals surface area contributed by atoms with E-state index in [0.29, 0.717) is 0 Å². The molecule has 0 radical (unpaired) electrons. The molecule has 0 aromatic rings. The Morgan fingerprint density at radius 1 is 0.957 bits per heavy atom. The molecule has 0 aromatic carbocycles. The van der Waals surface area contributed by atoms with Crippen LogP contribution in [-0.2, 0) is 4.74 Å². The molecule has 0 aliphatic rings. The topological polar surface area (TPSA) is 107 Å². The second-order valence-electron chi connectivity index (χ2n) is 4.81. The van der Waals surface area contributed by atoms with E-state index >= 15 is 0 Å². The van der Waals surface area contributed by atoms with Crippen molar-refractivity contribution in [3.8, 4) is 0 Å². The number of azide groups is 2. The van der Waals surface area contributed by atoms with Crippen molar-refractivity contribution in [3.63, 3.8) is 0 Å². The van der Waals surface area contributed by atoms with Crippen molar-refractivity contribution >= 4 is 0 Å². The van der Waals surface area contributed by atoms with Gasteiger partial charge in [-0.25, -0.2) is 4.39 Å². The molecule has 0 heterocycles. The monoisotopic (exact) mass is 352 g/mol. The molecule has 0 spiro atoms. The molecule has 0 unspecified atom stereocenters. The van der Waals surface area contributed by atoms with Gasteiger partial charge in [0.1, 0.15) is 0 Å². The van der Waals surface area contributed by atoms with Gasteiger partial charge in [0.05, 0.1) is 6.61 Å². The van der Waals surface area contributed by atoms with Gasteiger partial charge in [-0.3, -0.25) is 0 Å². The van der Waals surface area contributed by atoms with Crippen molar-refractivity contribution in [2.24, 2.45) is 15.6 Å². The summed E-state index contributed by atoms with van der Waals surface area (Å²) in [5.41, 5.74) is 14.6. The molecule has 132 valence electrons. The first kappa shape index (κ1) is 21.1. The summed E-state index contributed by atoms with van der Waals surface area (Å²) in [6.45, 7) is -4.49. The summed E-state index contributed by atoms with van der Waals surface area (Å²) < 4.78 is 93.2. The van der Waals surface area contributed by atoms with Gasteiger partial charge in [-0.05, 0) is 11.1 Å². The number of alkyl halides is 7. The first-order valence-electron chi connectivity index (χ1n) is 5.74. The highest BCUT2D eigenvalue weighted by atomic mass is 19.4. The van der Waals surface area contributed by atoms with Gasteiger partial charge in [-0.15, -0.1) is 0 Å². The van der Waals surface area contributed by atoms with Gasteiger partial charge in [0.2, 0.25) is 0 Å². The minimum atomic E-state index is -6.12. The Labute approximate surface area is 124 Å². The van der Waals surface area contributed by atoms with Gasteiger partial charge < -0.3 is 4.74 Å². The van der Waals surface area contributed by atoms with Crippen LogP contribution in [0.2, 0.25) is 0 Å². The van der Waals surface area contributed by atoms with E-state index in [-0.39, 0.29) is 0 Å². The van der Waals surface area contributed by atoms with E-state index < -0.39 is 49.7 Å². The number of nitrogens with zero attached hydrogens (tertiary/aromatic N) is 6. The van der Waals surface area contributed by atoms with Crippen LogP contribution in [0.5, 0.6) is 0 Å². The zero-order chi connectivity index (χ0) is 18.4. The molecule has 0 fully saturated rings. The van der Waals surface area contributed by atoms with Crippen LogP contribution in [0, 0.1) is 5.41 Å². The summed E-state index contributed by atoms with van der Waals surface area (Å²) in [6, 6.07) is 0. The summed E-state index contributed by atoms with van der Waals surface area (Å²) in [6.07, 6.45) is -5.71. The Hall–Kier alpha value is -1.91. The third-order valence-electron chi connectivity index (χ3n) is 2.63. The maximum absolute atomic E-state index is 13.2. The van der Waals surface area contributed by atoms with Crippen molar-refractivity contribution in [3.05, 3.63) is 20.9 Å². The highest BCUT2D eigenvalue weighted by Gasteiger charge is 2.73. The lowest BCUT2D eigenvalue weighted by Crippen LogP contribution is -2.57. The second kappa shape index (κ2) is 7.57. The van der Waals surface area contributed by atoms with E-state index in [1.807, 2.05) is 0 Å². The first-order valence-corrected chi connectivity index (χ1v) is 5.74. The Balaban J connectivity index is 5.27. The lowest BCUT2D eigenvalue weighted by Gasteiger charge is -2.33. The third-order valence-corrected chi connectivity index (χ3v) is 2.63. The molecular formula is C9H11F7N6O. The minimum Gasteiger partial charge on any atom is -0.315 e. The van der Waals surface area contributed by atoms with Gasteiger partial charge in [0.15, 0.2) is 6.67 Å². The number of hydrogen-bond donors (Lipinski definition) is 0. The SMILES string of the molecule is CC(CN=[N+]=[N-])(CN=[N+]=[N-])COC(F)(F)C(F)(F)C(F)(F)CF. The zero-order valence-electron chi connectivity index (χ0n) is 11.6. The maximum atomic E-state index is 13.2. The molecule has 0 saturated heterocycles. The molecular weight excluding hydrogens is 341 g/mol. The number of halogens is 7. The van der Waals surface area contributed by atoms with Crippen molar-refractivity contribution < 1.29 is 35.5 Å². The van der Waals surface area contributed by atoms with Crippen molar-refractivity contribution in [1.29, 1.82) is 0 Å². The fraction of sp³-hybridized carbons (Fsp3) is 1.00. The second-order valence-corrected chi connectivity index (χ2v) is 4.81. The van der Waals surface area contributed by atoms with Gasteiger partial charge in [0, 0.05) is 28.3 Å². The summed E-state index contributed by atoms with van der Waals surface area (Å²) in [5, 5.41) is 6.00. The van der Waals surface area contributed by atoms with Gasteiger partial charge >= 0.3 is 18.0 Å². The van der Waals surface area contributed by atoms with Gasteiger partial charge in [0.25, 0.3) is 0 Å². The average molecular weight is 352 g/mol. The Bertz CT molecular complexity index is 481. The minimum absolute atomic E-state index is 0.607. The fourth-order valence-electron chi connectivity index (χ4n) is 1.20. The molecule has 14 heteroatoms. The van der Waals surface area contributed by atoms with Crippen LogP contribution in [0.15, 0.2) is 10.2 Å². The number of hydrogen-bond acceptors (Lipinski definition) is 3. The Morgan fingerprint density at radius 3 is 1.74 bits per heavy atom. The molecule has 0 amide bonds. The van der Waals surface area contributed by atoms with E-state index in [1.165, 1.54) is 0 Å². The van der Waals surface area contributed by atoms with Crippen LogP contribution in [-0.4, -0.2) is 44.3 Å². The quantitative estimate of drug-likeness (QED) is 0.246. The van der Waals surface area contributed by atoms with Gasteiger partial charge in [-0.2, -0.15) is 26.3 Å². The van der Waals surface area contributed by atoms with Crippen LogP contribution < -0.4 is 0 Å². The summed E-state index contributed by atoms with van der Waals surface area (Å²) in [5.74, 6) is -11.8. The average Bonchev–Trinajstić information content (AvgIpc) is 2.49. The highest BCUT2D eigenvalue weighted by molar-refractivity contribution is 4.92. The van der Waals surface area contributed by atoms with Crippen molar-refractivity contribution in [1.82, 2.24) is 0 Å².